The number of carbonyl (C=O) groups is 2. The van der Waals surface area contributed by atoms with Crippen LogP contribution in [0.2, 0.25) is 0 Å². The summed E-state index contributed by atoms with van der Waals surface area (Å²) in [6.07, 6.45) is -3.25. The molecule has 164 valence electrons. The minimum absolute atomic E-state index is 0.0716. The highest BCUT2D eigenvalue weighted by molar-refractivity contribution is 5.79. The van der Waals surface area contributed by atoms with Gasteiger partial charge in [0.05, 0.1) is 0 Å². The summed E-state index contributed by atoms with van der Waals surface area (Å²) >= 11 is 0. The van der Waals surface area contributed by atoms with Crippen molar-refractivity contribution < 1.29 is 28.9 Å². The quantitative estimate of drug-likeness (QED) is 0.493. The highest BCUT2D eigenvalue weighted by atomic mass is 19.1. The maximum absolute atomic E-state index is 13.3. The number of ether oxygens (including phenoxy) is 1. The number of aliphatic hydroxyl groups is 2. The van der Waals surface area contributed by atoms with E-state index in [-0.39, 0.29) is 30.2 Å². The molecule has 1 amide bonds. The number of benzene rings is 3. The molecular weight excluding hydrogens is 413 g/mol. The smallest absolute Gasteiger partial charge is 0.407 e. The third-order valence-corrected chi connectivity index (χ3v) is 5.66. The van der Waals surface area contributed by atoms with Crippen molar-refractivity contribution in [1.29, 1.82) is 0 Å². The molecule has 4 rings (SSSR count). The third-order valence-electron chi connectivity index (χ3n) is 5.66. The van der Waals surface area contributed by atoms with Crippen LogP contribution in [0.1, 0.15) is 39.1 Å². The summed E-state index contributed by atoms with van der Waals surface area (Å²) in [6.45, 7) is -0.195. The van der Waals surface area contributed by atoms with E-state index >= 15 is 0 Å². The Balaban J connectivity index is 1.36. The van der Waals surface area contributed by atoms with Crippen LogP contribution in [0.3, 0.4) is 0 Å². The Labute approximate surface area is 184 Å². The molecule has 2 atom stereocenters. The van der Waals surface area contributed by atoms with Crippen LogP contribution in [0.4, 0.5) is 9.18 Å². The van der Waals surface area contributed by atoms with Gasteiger partial charge >= 0.3 is 6.09 Å². The zero-order valence-electron chi connectivity index (χ0n) is 17.1. The van der Waals surface area contributed by atoms with Crippen LogP contribution >= 0.6 is 0 Å². The van der Waals surface area contributed by atoms with E-state index < -0.39 is 24.1 Å². The lowest BCUT2D eigenvalue weighted by atomic mass is 9.98. The molecule has 7 heteroatoms. The number of fused-ring (bicyclic) bond motifs is 3. The molecule has 0 fully saturated rings. The summed E-state index contributed by atoms with van der Waals surface area (Å²) in [5.74, 6) is -0.729. The van der Waals surface area contributed by atoms with Crippen molar-refractivity contribution in [1.82, 2.24) is 5.32 Å². The van der Waals surface area contributed by atoms with Crippen LogP contribution in [0.15, 0.2) is 66.7 Å². The second kappa shape index (κ2) is 9.30. The fraction of sp³-hybridized carbons (Fsp3) is 0.200. The minimum atomic E-state index is -1.48. The zero-order valence-corrected chi connectivity index (χ0v) is 17.1. The van der Waals surface area contributed by atoms with E-state index in [0.29, 0.717) is 6.29 Å². The number of hydrogen-bond donors (Lipinski definition) is 3. The Morgan fingerprint density at radius 2 is 1.66 bits per heavy atom. The van der Waals surface area contributed by atoms with Crippen LogP contribution < -0.4 is 5.32 Å². The summed E-state index contributed by atoms with van der Waals surface area (Å²) in [5, 5.41) is 22.9. The Morgan fingerprint density at radius 1 is 1.03 bits per heavy atom. The van der Waals surface area contributed by atoms with Crippen LogP contribution in [0, 0.1) is 5.82 Å². The van der Waals surface area contributed by atoms with Gasteiger partial charge < -0.3 is 20.3 Å². The Bertz CT molecular complexity index is 1100. The van der Waals surface area contributed by atoms with Crippen molar-refractivity contribution in [3.8, 4) is 11.1 Å². The Hall–Kier alpha value is -3.55. The summed E-state index contributed by atoms with van der Waals surface area (Å²) < 4.78 is 18.7. The van der Waals surface area contributed by atoms with Gasteiger partial charge in [-0.25, -0.2) is 9.18 Å². The first kappa shape index (κ1) is 21.7. The van der Waals surface area contributed by atoms with E-state index in [2.05, 4.69) is 5.32 Å². The lowest BCUT2D eigenvalue weighted by Crippen LogP contribution is -2.36. The van der Waals surface area contributed by atoms with Gasteiger partial charge in [-0.3, -0.25) is 4.79 Å². The maximum Gasteiger partial charge on any atom is 0.407 e. The van der Waals surface area contributed by atoms with Crippen LogP contribution in [0.25, 0.3) is 11.1 Å². The molecular formula is C25H22FNO5. The molecule has 6 nitrogen and oxygen atoms in total. The van der Waals surface area contributed by atoms with Gasteiger partial charge in [0.1, 0.15) is 24.6 Å². The standard InChI is InChI=1S/C25H22FNO5/c26-16-9-10-17(15(11-16)13-28)24(30)23(29)12-27-25(31)32-14-22-20-7-3-1-5-18(20)19-6-2-4-8-21(19)22/h1-11,13,22-24,29-30H,12,14H2,(H,27,31). The number of hydrogen-bond acceptors (Lipinski definition) is 5. The molecule has 0 aromatic heterocycles. The topological polar surface area (TPSA) is 95.9 Å². The first-order valence-corrected chi connectivity index (χ1v) is 10.2. The minimum Gasteiger partial charge on any atom is -0.449 e. The lowest BCUT2D eigenvalue weighted by molar-refractivity contribution is 0.0181. The fourth-order valence-electron chi connectivity index (χ4n) is 4.07. The van der Waals surface area contributed by atoms with Crippen molar-refractivity contribution >= 4 is 12.4 Å². The van der Waals surface area contributed by atoms with Gasteiger partial charge in [0, 0.05) is 18.0 Å². The third kappa shape index (κ3) is 4.26. The largest absolute Gasteiger partial charge is 0.449 e. The number of nitrogens with one attached hydrogen (secondary N) is 1. The Morgan fingerprint density at radius 3 is 2.28 bits per heavy atom. The predicted octanol–water partition coefficient (Wildman–Crippen LogP) is 3.57. The monoisotopic (exact) mass is 435 g/mol. The van der Waals surface area contributed by atoms with Crippen LogP contribution in [-0.4, -0.2) is 41.8 Å². The fourth-order valence-corrected chi connectivity index (χ4v) is 4.07. The number of halogens is 1. The van der Waals surface area contributed by atoms with Gasteiger partial charge in [0.2, 0.25) is 0 Å². The molecule has 0 spiro atoms. The van der Waals surface area contributed by atoms with Gasteiger partial charge in [0.15, 0.2) is 6.29 Å². The number of rotatable bonds is 7. The summed E-state index contributed by atoms with van der Waals surface area (Å²) in [6, 6.07) is 19.2. The number of aldehydes is 1. The van der Waals surface area contributed by atoms with E-state index in [4.69, 9.17) is 4.74 Å². The molecule has 0 saturated carbocycles. The molecule has 32 heavy (non-hydrogen) atoms. The van der Waals surface area contributed by atoms with Gasteiger partial charge in [-0.2, -0.15) is 0 Å². The molecule has 3 N–H and O–H groups in total. The molecule has 2 unspecified atom stereocenters. The first-order valence-electron chi connectivity index (χ1n) is 10.2. The SMILES string of the molecule is O=Cc1cc(F)ccc1C(O)C(O)CNC(=O)OCC1c2ccccc2-c2ccccc21. The summed E-state index contributed by atoms with van der Waals surface area (Å²) in [5.41, 5.74) is 4.38. The van der Waals surface area contributed by atoms with E-state index in [0.717, 1.165) is 34.4 Å². The molecule has 3 aromatic carbocycles. The molecule has 1 aliphatic carbocycles. The average molecular weight is 435 g/mol. The van der Waals surface area contributed by atoms with E-state index in [1.54, 1.807) is 0 Å². The number of aliphatic hydroxyl groups excluding tert-OH is 2. The van der Waals surface area contributed by atoms with Crippen LogP contribution in [0.5, 0.6) is 0 Å². The van der Waals surface area contributed by atoms with E-state index in [1.165, 1.54) is 6.07 Å². The Kier molecular flexibility index (Phi) is 6.30. The van der Waals surface area contributed by atoms with Gasteiger partial charge in [-0.05, 0) is 39.9 Å². The molecule has 0 radical (unpaired) electrons. The lowest BCUT2D eigenvalue weighted by Gasteiger charge is -2.20. The first-order chi connectivity index (χ1) is 15.5. The number of alkyl carbamates (subject to hydrolysis) is 1. The molecule has 1 aliphatic rings. The highest BCUT2D eigenvalue weighted by Crippen LogP contribution is 2.44. The maximum atomic E-state index is 13.3. The molecule has 0 aliphatic heterocycles. The normalized spacial score (nSPS) is 14.2. The number of amides is 1. The second-order valence-corrected chi connectivity index (χ2v) is 7.61. The second-order valence-electron chi connectivity index (χ2n) is 7.61. The van der Waals surface area contributed by atoms with Gasteiger partial charge in [-0.1, -0.05) is 54.6 Å². The van der Waals surface area contributed by atoms with Crippen LogP contribution in [-0.2, 0) is 4.74 Å². The van der Waals surface area contributed by atoms with Crippen molar-refractivity contribution in [2.75, 3.05) is 13.2 Å². The zero-order chi connectivity index (χ0) is 22.7. The number of carbonyl (C=O) groups excluding carboxylic acids is 2. The predicted molar refractivity (Wildman–Crippen MR) is 116 cm³/mol. The van der Waals surface area contributed by atoms with E-state index in [1.807, 2.05) is 48.5 Å². The van der Waals surface area contributed by atoms with Crippen molar-refractivity contribution in [3.63, 3.8) is 0 Å². The van der Waals surface area contributed by atoms with Crippen molar-refractivity contribution in [3.05, 3.63) is 94.8 Å². The van der Waals surface area contributed by atoms with Gasteiger partial charge in [0.25, 0.3) is 0 Å². The average Bonchev–Trinajstić information content (AvgIpc) is 3.14. The van der Waals surface area contributed by atoms with Gasteiger partial charge in [-0.15, -0.1) is 0 Å². The van der Waals surface area contributed by atoms with Crippen molar-refractivity contribution in [2.45, 2.75) is 18.1 Å². The highest BCUT2D eigenvalue weighted by Gasteiger charge is 2.29. The summed E-state index contributed by atoms with van der Waals surface area (Å²) in [7, 11) is 0. The van der Waals surface area contributed by atoms with Crippen molar-refractivity contribution in [2.24, 2.45) is 0 Å². The molecule has 0 heterocycles. The molecule has 0 saturated heterocycles. The molecule has 0 bridgehead atoms. The summed E-state index contributed by atoms with van der Waals surface area (Å²) in [4.78, 5) is 23.3. The van der Waals surface area contributed by atoms with E-state index in [9.17, 15) is 24.2 Å². The molecule has 3 aromatic rings.